The maximum absolute atomic E-state index is 10.3. The van der Waals surface area contributed by atoms with E-state index in [9.17, 15) is 4.79 Å². The predicted octanol–water partition coefficient (Wildman–Crippen LogP) is 2.03. The summed E-state index contributed by atoms with van der Waals surface area (Å²) < 4.78 is 10.9. The molecule has 1 N–H and O–H groups in total. The average Bonchev–Trinajstić information content (AvgIpc) is 2.20. The molecule has 4 nitrogen and oxygen atoms in total. The van der Waals surface area contributed by atoms with Crippen LogP contribution in [0.4, 0.5) is 5.69 Å². The van der Waals surface area contributed by atoms with Gasteiger partial charge < -0.3 is 14.8 Å². The Morgan fingerprint density at radius 1 is 1.29 bits per heavy atom. The Balaban J connectivity index is 3.15. The lowest BCUT2D eigenvalue weighted by atomic mass is 10.3. The minimum Gasteiger partial charge on any atom is -0.493 e. The van der Waals surface area contributed by atoms with Gasteiger partial charge in [-0.2, -0.15) is 0 Å². The molecule has 14 heavy (non-hydrogen) atoms. The predicted molar refractivity (Wildman–Crippen MR) is 56.9 cm³/mol. The molecule has 0 radical (unpaired) electrons. The largest absolute Gasteiger partial charge is 0.493 e. The van der Waals surface area contributed by atoms with E-state index in [0.29, 0.717) is 23.6 Å². The summed E-state index contributed by atoms with van der Waals surface area (Å²) in [6.45, 7) is 0. The molecular weight excluding hydrogens is 250 g/mol. The van der Waals surface area contributed by atoms with Crippen LogP contribution in [0.3, 0.4) is 0 Å². The third-order valence-corrected chi connectivity index (χ3v) is 2.34. The second-order valence-electron chi connectivity index (χ2n) is 2.45. The zero-order chi connectivity index (χ0) is 10.6. The number of hydrogen-bond acceptors (Lipinski definition) is 3. The number of carbonyl (C=O) groups excluding carboxylic acids is 1. The first kappa shape index (κ1) is 10.8. The van der Waals surface area contributed by atoms with Gasteiger partial charge in [-0.3, -0.25) is 4.79 Å². The molecular formula is C9H10BrNO3. The molecule has 0 heterocycles. The van der Waals surface area contributed by atoms with E-state index >= 15 is 0 Å². The molecule has 0 aliphatic heterocycles. The number of amides is 1. The Hall–Kier alpha value is -1.23. The SMILES string of the molecule is COc1cc(Br)c(NC=O)cc1OC. The van der Waals surface area contributed by atoms with Crippen molar-refractivity contribution in [2.24, 2.45) is 0 Å². The van der Waals surface area contributed by atoms with Gasteiger partial charge in [0.25, 0.3) is 0 Å². The number of halogens is 1. The normalized spacial score (nSPS) is 9.36. The second kappa shape index (κ2) is 4.85. The van der Waals surface area contributed by atoms with Gasteiger partial charge in [0.15, 0.2) is 11.5 Å². The van der Waals surface area contributed by atoms with Gasteiger partial charge in [0.05, 0.1) is 19.9 Å². The molecule has 0 unspecified atom stereocenters. The Labute approximate surface area is 90.3 Å². The lowest BCUT2D eigenvalue weighted by Gasteiger charge is -2.10. The van der Waals surface area contributed by atoms with Crippen LogP contribution in [0.15, 0.2) is 16.6 Å². The number of carbonyl (C=O) groups is 1. The third-order valence-electron chi connectivity index (χ3n) is 1.69. The summed E-state index contributed by atoms with van der Waals surface area (Å²) in [6.07, 6.45) is 0.603. The summed E-state index contributed by atoms with van der Waals surface area (Å²) in [5.74, 6) is 1.18. The van der Waals surface area contributed by atoms with Crippen molar-refractivity contribution in [1.82, 2.24) is 0 Å². The first-order chi connectivity index (χ1) is 6.72. The molecule has 0 bridgehead atoms. The maximum Gasteiger partial charge on any atom is 0.211 e. The van der Waals surface area contributed by atoms with Crippen LogP contribution in [0, 0.1) is 0 Å². The lowest BCUT2D eigenvalue weighted by Crippen LogP contribution is -1.97. The van der Waals surface area contributed by atoms with E-state index in [-0.39, 0.29) is 0 Å². The van der Waals surface area contributed by atoms with Gasteiger partial charge in [0.2, 0.25) is 6.41 Å². The first-order valence-corrected chi connectivity index (χ1v) is 4.64. The molecule has 1 aromatic carbocycles. The molecule has 1 amide bonds. The lowest BCUT2D eigenvalue weighted by molar-refractivity contribution is -0.105. The van der Waals surface area contributed by atoms with E-state index in [1.807, 2.05) is 0 Å². The first-order valence-electron chi connectivity index (χ1n) is 3.84. The molecule has 1 rings (SSSR count). The molecule has 0 aliphatic rings. The third kappa shape index (κ3) is 2.17. The standard InChI is InChI=1S/C9H10BrNO3/c1-13-8-3-6(10)7(11-5-12)4-9(8)14-2/h3-5H,1-2H3,(H,11,12). The maximum atomic E-state index is 10.3. The zero-order valence-electron chi connectivity index (χ0n) is 7.83. The van der Waals surface area contributed by atoms with Crippen LogP contribution in [0.25, 0.3) is 0 Å². The van der Waals surface area contributed by atoms with Gasteiger partial charge in [-0.1, -0.05) is 0 Å². The van der Waals surface area contributed by atoms with Crippen LogP contribution < -0.4 is 14.8 Å². The average molecular weight is 260 g/mol. The van der Waals surface area contributed by atoms with Crippen molar-refractivity contribution >= 4 is 28.0 Å². The zero-order valence-corrected chi connectivity index (χ0v) is 9.42. The van der Waals surface area contributed by atoms with Crippen molar-refractivity contribution in [2.75, 3.05) is 19.5 Å². The number of rotatable bonds is 4. The van der Waals surface area contributed by atoms with E-state index in [2.05, 4.69) is 21.2 Å². The van der Waals surface area contributed by atoms with E-state index in [1.54, 1.807) is 19.2 Å². The molecule has 0 aliphatic carbocycles. The summed E-state index contributed by atoms with van der Waals surface area (Å²) >= 11 is 3.30. The highest BCUT2D eigenvalue weighted by Crippen LogP contribution is 2.35. The van der Waals surface area contributed by atoms with Crippen LogP contribution in [0.1, 0.15) is 0 Å². The van der Waals surface area contributed by atoms with Gasteiger partial charge in [0.1, 0.15) is 0 Å². The minimum absolute atomic E-state index is 0.569. The van der Waals surface area contributed by atoms with Crippen molar-refractivity contribution in [3.63, 3.8) is 0 Å². The number of benzene rings is 1. The van der Waals surface area contributed by atoms with Gasteiger partial charge in [0, 0.05) is 16.6 Å². The summed E-state index contributed by atoms with van der Waals surface area (Å²) in [6, 6.07) is 3.40. The molecule has 0 atom stereocenters. The minimum atomic E-state index is 0.569. The fourth-order valence-electron chi connectivity index (χ4n) is 1.03. The molecule has 76 valence electrons. The van der Waals surface area contributed by atoms with Crippen molar-refractivity contribution in [1.29, 1.82) is 0 Å². The quantitative estimate of drug-likeness (QED) is 0.842. The highest BCUT2D eigenvalue weighted by molar-refractivity contribution is 9.10. The molecule has 0 saturated carbocycles. The van der Waals surface area contributed by atoms with Crippen LogP contribution in [-0.2, 0) is 4.79 Å². The highest BCUT2D eigenvalue weighted by Gasteiger charge is 2.08. The molecule has 0 spiro atoms. The van der Waals surface area contributed by atoms with Crippen LogP contribution in [0.2, 0.25) is 0 Å². The molecule has 5 heteroatoms. The Bertz CT molecular complexity index is 341. The smallest absolute Gasteiger partial charge is 0.211 e. The molecule has 1 aromatic rings. The van der Waals surface area contributed by atoms with Crippen molar-refractivity contribution in [2.45, 2.75) is 0 Å². The number of methoxy groups -OCH3 is 2. The van der Waals surface area contributed by atoms with E-state index in [4.69, 9.17) is 9.47 Å². The van der Waals surface area contributed by atoms with Crippen LogP contribution >= 0.6 is 15.9 Å². The monoisotopic (exact) mass is 259 g/mol. The van der Waals surface area contributed by atoms with Crippen molar-refractivity contribution in [3.8, 4) is 11.5 Å². The molecule has 0 aromatic heterocycles. The number of nitrogens with one attached hydrogen (secondary N) is 1. The second-order valence-corrected chi connectivity index (χ2v) is 3.30. The number of ether oxygens (including phenoxy) is 2. The van der Waals surface area contributed by atoms with Gasteiger partial charge in [-0.05, 0) is 15.9 Å². The fraction of sp³-hybridized carbons (Fsp3) is 0.222. The van der Waals surface area contributed by atoms with Gasteiger partial charge in [-0.25, -0.2) is 0 Å². The highest BCUT2D eigenvalue weighted by atomic mass is 79.9. The summed E-state index contributed by atoms with van der Waals surface area (Å²) in [5.41, 5.74) is 0.637. The van der Waals surface area contributed by atoms with Crippen LogP contribution in [0.5, 0.6) is 11.5 Å². The summed E-state index contributed by atoms with van der Waals surface area (Å²) in [5, 5.41) is 2.54. The summed E-state index contributed by atoms with van der Waals surface area (Å²) in [7, 11) is 3.09. The molecule has 0 fully saturated rings. The van der Waals surface area contributed by atoms with Gasteiger partial charge in [-0.15, -0.1) is 0 Å². The van der Waals surface area contributed by atoms with Crippen molar-refractivity contribution < 1.29 is 14.3 Å². The Kier molecular flexibility index (Phi) is 3.76. The van der Waals surface area contributed by atoms with Gasteiger partial charge >= 0.3 is 0 Å². The Morgan fingerprint density at radius 2 is 1.86 bits per heavy atom. The number of hydrogen-bond donors (Lipinski definition) is 1. The number of anilines is 1. The van der Waals surface area contributed by atoms with E-state index in [1.165, 1.54) is 7.11 Å². The summed E-state index contributed by atoms with van der Waals surface area (Å²) in [4.78, 5) is 10.3. The van der Waals surface area contributed by atoms with Crippen molar-refractivity contribution in [3.05, 3.63) is 16.6 Å². The van der Waals surface area contributed by atoms with Crippen LogP contribution in [-0.4, -0.2) is 20.6 Å². The van der Waals surface area contributed by atoms with E-state index in [0.717, 1.165) is 4.47 Å². The Morgan fingerprint density at radius 3 is 2.36 bits per heavy atom. The topological polar surface area (TPSA) is 47.6 Å². The van der Waals surface area contributed by atoms with E-state index < -0.39 is 0 Å². The molecule has 0 saturated heterocycles. The fourth-order valence-corrected chi connectivity index (χ4v) is 1.47.